The summed E-state index contributed by atoms with van der Waals surface area (Å²) >= 11 is 0. The summed E-state index contributed by atoms with van der Waals surface area (Å²) in [5, 5.41) is 0. The second-order valence-corrected chi connectivity index (χ2v) is 27.7. The second-order valence-electron chi connectivity index (χ2n) is 26.3. The first-order valence-electron chi connectivity index (χ1n) is 36.7. The fourth-order valence-corrected chi connectivity index (χ4v) is 11.8. The number of esters is 2. The summed E-state index contributed by atoms with van der Waals surface area (Å²) in [5.74, 6) is -0.813. The zero-order chi connectivity index (χ0) is 61.2. The highest BCUT2D eigenvalue weighted by molar-refractivity contribution is 7.45. The number of nitrogens with zero attached hydrogens (tertiary/aromatic N) is 1. The minimum Gasteiger partial charge on any atom is -0.756 e. The van der Waals surface area contributed by atoms with Crippen molar-refractivity contribution < 1.29 is 42.1 Å². The van der Waals surface area contributed by atoms with E-state index in [0.29, 0.717) is 17.4 Å². The molecule has 0 saturated carbocycles. The number of phosphoric acid groups is 1. The highest BCUT2D eigenvalue weighted by Crippen LogP contribution is 2.38. The van der Waals surface area contributed by atoms with Crippen molar-refractivity contribution in [1.29, 1.82) is 0 Å². The van der Waals surface area contributed by atoms with E-state index in [9.17, 15) is 19.0 Å². The summed E-state index contributed by atoms with van der Waals surface area (Å²) in [7, 11) is 1.18. The van der Waals surface area contributed by atoms with Crippen molar-refractivity contribution in [1.82, 2.24) is 0 Å². The SMILES string of the molecule is CCCCCCC/C=C\C/C=C\C/C=C\CCCCCCCCCCCCCCCCC(=O)OC(COC(=O)CCCCCCCCCCCCCCCCCCCCCCCCCCCCCCCCC)COP(=O)([O-])OCC[N+](C)(C)C. The standard InChI is InChI=1S/C74H142NO8P/c1-6-8-10-12-14-16-18-20-22-24-26-28-30-32-34-36-37-39-40-42-44-46-48-50-52-54-56-58-60-62-64-66-73(76)80-70-72(71-82-84(78,79)81-69-68-75(3,4)5)83-74(77)67-65-63-61-59-57-55-53-51-49-47-45-43-41-38-35-33-31-29-27-25-23-21-19-17-15-13-11-9-7-2/h19,21,25,27,31,33,72H,6-18,20,22-24,26,28-30,32,34-71H2,1-5H3/b21-19-,27-25-,33-31-. The molecule has 2 atom stereocenters. The molecule has 0 bridgehead atoms. The van der Waals surface area contributed by atoms with E-state index in [-0.39, 0.29) is 32.0 Å². The van der Waals surface area contributed by atoms with Gasteiger partial charge in [-0.15, -0.1) is 0 Å². The number of unbranched alkanes of at least 4 members (excludes halogenated alkanes) is 49. The minimum atomic E-state index is -4.64. The van der Waals surface area contributed by atoms with E-state index in [4.69, 9.17) is 18.5 Å². The van der Waals surface area contributed by atoms with Gasteiger partial charge in [0.2, 0.25) is 0 Å². The van der Waals surface area contributed by atoms with Crippen LogP contribution in [-0.4, -0.2) is 70.0 Å². The summed E-state index contributed by atoms with van der Waals surface area (Å²) in [6.07, 6.45) is 83.8. The van der Waals surface area contributed by atoms with Crippen LogP contribution in [0.25, 0.3) is 0 Å². The van der Waals surface area contributed by atoms with Crippen LogP contribution in [0.15, 0.2) is 36.5 Å². The van der Waals surface area contributed by atoms with Crippen LogP contribution in [0.2, 0.25) is 0 Å². The van der Waals surface area contributed by atoms with E-state index >= 15 is 0 Å². The molecule has 0 heterocycles. The first kappa shape index (κ1) is 82.2. The van der Waals surface area contributed by atoms with Crippen LogP contribution in [0.5, 0.6) is 0 Å². The van der Waals surface area contributed by atoms with Gasteiger partial charge in [0.1, 0.15) is 19.8 Å². The third-order valence-corrected chi connectivity index (χ3v) is 17.6. The molecule has 84 heavy (non-hydrogen) atoms. The van der Waals surface area contributed by atoms with Gasteiger partial charge in [-0.1, -0.05) is 346 Å². The summed E-state index contributed by atoms with van der Waals surface area (Å²) < 4.78 is 34.4. The number of quaternary nitrogens is 1. The Kier molecular flexibility index (Phi) is 64.3. The Bertz CT molecular complexity index is 1510. The van der Waals surface area contributed by atoms with E-state index in [1.807, 2.05) is 21.1 Å². The Morgan fingerprint density at radius 2 is 0.643 bits per heavy atom. The second kappa shape index (κ2) is 65.7. The highest BCUT2D eigenvalue weighted by atomic mass is 31.2. The molecular formula is C74H142NO8P. The number of allylic oxidation sites excluding steroid dienone is 6. The Balaban J connectivity index is 3.98. The van der Waals surface area contributed by atoms with Crippen LogP contribution in [0.1, 0.15) is 373 Å². The maximum Gasteiger partial charge on any atom is 0.306 e. The number of rotatable bonds is 69. The van der Waals surface area contributed by atoms with Gasteiger partial charge in [-0.05, 0) is 51.4 Å². The lowest BCUT2D eigenvalue weighted by atomic mass is 10.0. The Labute approximate surface area is 522 Å². The van der Waals surface area contributed by atoms with Crippen molar-refractivity contribution in [3.05, 3.63) is 36.5 Å². The van der Waals surface area contributed by atoms with Gasteiger partial charge < -0.3 is 27.9 Å². The predicted molar refractivity (Wildman–Crippen MR) is 361 cm³/mol. The summed E-state index contributed by atoms with van der Waals surface area (Å²) in [6.45, 7) is 4.30. The normalized spacial score (nSPS) is 13.3. The van der Waals surface area contributed by atoms with Crippen LogP contribution in [-0.2, 0) is 32.7 Å². The lowest BCUT2D eigenvalue weighted by Crippen LogP contribution is -2.37. The molecule has 0 N–H and O–H groups in total. The average Bonchev–Trinajstić information content (AvgIpc) is 3.61. The van der Waals surface area contributed by atoms with E-state index in [1.54, 1.807) is 0 Å². The monoisotopic (exact) mass is 1200 g/mol. The van der Waals surface area contributed by atoms with Crippen molar-refractivity contribution in [2.75, 3.05) is 47.5 Å². The molecule has 0 amide bonds. The molecule has 0 aromatic heterocycles. The van der Waals surface area contributed by atoms with E-state index < -0.39 is 26.5 Å². The van der Waals surface area contributed by atoms with Crippen molar-refractivity contribution >= 4 is 19.8 Å². The molecule has 0 aliphatic rings. The molecule has 2 unspecified atom stereocenters. The van der Waals surface area contributed by atoms with Crippen molar-refractivity contribution in [3.8, 4) is 0 Å². The van der Waals surface area contributed by atoms with E-state index in [2.05, 4.69) is 50.3 Å². The third-order valence-electron chi connectivity index (χ3n) is 16.7. The lowest BCUT2D eigenvalue weighted by molar-refractivity contribution is -0.870. The Morgan fingerprint density at radius 3 is 0.952 bits per heavy atom. The van der Waals surface area contributed by atoms with Crippen LogP contribution < -0.4 is 4.89 Å². The molecular weight excluding hydrogens is 1060 g/mol. The molecule has 496 valence electrons. The first-order chi connectivity index (χ1) is 41.0. The summed E-state index contributed by atoms with van der Waals surface area (Å²) in [5.41, 5.74) is 0. The largest absolute Gasteiger partial charge is 0.756 e. The van der Waals surface area contributed by atoms with Crippen molar-refractivity contribution in [3.63, 3.8) is 0 Å². The van der Waals surface area contributed by atoms with Crippen molar-refractivity contribution in [2.45, 2.75) is 380 Å². The molecule has 0 saturated heterocycles. The molecule has 10 heteroatoms. The van der Waals surface area contributed by atoms with Gasteiger partial charge in [-0.25, -0.2) is 0 Å². The van der Waals surface area contributed by atoms with Gasteiger partial charge in [0, 0.05) is 12.8 Å². The molecule has 0 aromatic carbocycles. The average molecular weight is 1200 g/mol. The number of carbonyl (C=O) groups is 2. The number of ether oxygens (including phenoxy) is 2. The Hall–Kier alpha value is -1.77. The molecule has 0 aromatic rings. The van der Waals surface area contributed by atoms with Crippen molar-refractivity contribution in [2.24, 2.45) is 0 Å². The quantitative estimate of drug-likeness (QED) is 0.0195. The van der Waals surface area contributed by atoms with E-state index in [0.717, 1.165) is 51.4 Å². The molecule has 0 aliphatic heterocycles. The van der Waals surface area contributed by atoms with Gasteiger partial charge in [0.25, 0.3) is 7.82 Å². The molecule has 0 spiro atoms. The molecule has 0 aliphatic carbocycles. The number of phosphoric ester groups is 1. The maximum atomic E-state index is 12.9. The first-order valence-corrected chi connectivity index (χ1v) is 38.2. The molecule has 9 nitrogen and oxygen atoms in total. The summed E-state index contributed by atoms with van der Waals surface area (Å²) in [4.78, 5) is 38.1. The van der Waals surface area contributed by atoms with E-state index in [1.165, 1.54) is 289 Å². The smallest absolute Gasteiger partial charge is 0.306 e. The van der Waals surface area contributed by atoms with Gasteiger partial charge in [0.15, 0.2) is 6.10 Å². The van der Waals surface area contributed by atoms with Gasteiger partial charge in [0.05, 0.1) is 27.7 Å². The topological polar surface area (TPSA) is 111 Å². The predicted octanol–water partition coefficient (Wildman–Crippen LogP) is 23.2. The molecule has 0 fully saturated rings. The number of carbonyl (C=O) groups excluding carboxylic acids is 2. The zero-order valence-corrected chi connectivity index (χ0v) is 57.5. The lowest BCUT2D eigenvalue weighted by Gasteiger charge is -2.28. The maximum absolute atomic E-state index is 12.9. The molecule has 0 rings (SSSR count). The van der Waals surface area contributed by atoms with Crippen LogP contribution in [0.3, 0.4) is 0 Å². The van der Waals surface area contributed by atoms with Gasteiger partial charge in [-0.2, -0.15) is 0 Å². The Morgan fingerprint density at radius 1 is 0.369 bits per heavy atom. The zero-order valence-electron chi connectivity index (χ0n) is 56.6. The highest BCUT2D eigenvalue weighted by Gasteiger charge is 2.22. The molecule has 0 radical (unpaired) electrons. The van der Waals surface area contributed by atoms with Crippen LogP contribution >= 0.6 is 7.82 Å². The van der Waals surface area contributed by atoms with Crippen LogP contribution in [0, 0.1) is 0 Å². The van der Waals surface area contributed by atoms with Gasteiger partial charge >= 0.3 is 11.9 Å². The fraction of sp³-hybridized carbons (Fsp3) is 0.892. The van der Waals surface area contributed by atoms with Crippen LogP contribution in [0.4, 0.5) is 0 Å². The minimum absolute atomic E-state index is 0.0285. The fourth-order valence-electron chi connectivity index (χ4n) is 11.0. The van der Waals surface area contributed by atoms with Gasteiger partial charge in [-0.3, -0.25) is 14.2 Å². The third kappa shape index (κ3) is 69.3. The number of likely N-dealkylation sites (N-methyl/N-ethyl adjacent to an activating group) is 1. The number of hydrogen-bond acceptors (Lipinski definition) is 8. The summed E-state index contributed by atoms with van der Waals surface area (Å²) in [6, 6.07) is 0. The number of hydrogen-bond donors (Lipinski definition) is 0.